The zero-order valence-corrected chi connectivity index (χ0v) is 18.0. The number of rotatable bonds is 8. The fraction of sp³-hybridized carbons (Fsp3) is 0.292. The molecule has 0 saturated carbocycles. The maximum atomic E-state index is 10.6. The first-order chi connectivity index (χ1) is 13.9. The maximum absolute atomic E-state index is 10.6. The normalized spacial score (nSPS) is 11.8. The van der Waals surface area contributed by atoms with E-state index in [1.807, 2.05) is 63.3 Å². The quantitative estimate of drug-likeness (QED) is 0.202. The first kappa shape index (κ1) is 28.0. The van der Waals surface area contributed by atoms with Gasteiger partial charge in [0.25, 0.3) is 0 Å². The van der Waals surface area contributed by atoms with Crippen molar-refractivity contribution in [1.29, 1.82) is 0 Å². The SMILES string of the molecule is C#C.C/C=C\C=C(/C)c1ccccc1CN(/C=C(\C)O)/C=C(/O)C=O.CCOC. The lowest BCUT2D eigenvalue weighted by Crippen LogP contribution is -2.13. The van der Waals surface area contributed by atoms with Crippen LogP contribution in [0.3, 0.4) is 0 Å². The molecule has 0 bridgehead atoms. The van der Waals surface area contributed by atoms with E-state index in [9.17, 15) is 15.0 Å². The van der Waals surface area contributed by atoms with Crippen LogP contribution < -0.4 is 0 Å². The molecule has 2 N–H and O–H groups in total. The van der Waals surface area contributed by atoms with Gasteiger partial charge in [0.1, 0.15) is 5.76 Å². The van der Waals surface area contributed by atoms with Crippen molar-refractivity contribution in [1.82, 2.24) is 4.90 Å². The van der Waals surface area contributed by atoms with E-state index in [0.717, 1.165) is 23.3 Å². The van der Waals surface area contributed by atoms with Gasteiger partial charge in [0, 0.05) is 32.7 Å². The molecular weight excluding hydrogens is 366 g/mol. The average molecular weight is 400 g/mol. The average Bonchev–Trinajstić information content (AvgIpc) is 2.73. The Kier molecular flexibility index (Phi) is 17.5. The molecule has 5 heteroatoms. The standard InChI is InChI=1S/C19H23NO3.C3H8O.C2H2/c1-4-5-8-15(2)19-10-7-6-9-17(19)12-20(11-16(3)22)13-18(23)14-21;1-3-4-2;1-2/h4-11,13-14,22-23H,12H2,1-3H3;3H2,1-2H3;1-2H/b5-4-,15-8+,16-11+,18-13+;;. The third-order valence-corrected chi connectivity index (χ3v) is 3.39. The molecule has 0 aromatic heterocycles. The fourth-order valence-electron chi connectivity index (χ4n) is 2.14. The number of aliphatic hydroxyl groups is 2. The van der Waals surface area contributed by atoms with Crippen LogP contribution in [0.2, 0.25) is 0 Å². The lowest BCUT2D eigenvalue weighted by atomic mass is 10.00. The summed E-state index contributed by atoms with van der Waals surface area (Å²) < 4.78 is 4.54. The second kappa shape index (κ2) is 18.1. The molecule has 0 saturated heterocycles. The van der Waals surface area contributed by atoms with Gasteiger partial charge >= 0.3 is 0 Å². The molecular formula is C24H33NO4. The molecule has 158 valence electrons. The molecule has 1 rings (SSSR count). The number of hydrogen-bond acceptors (Lipinski definition) is 5. The molecule has 0 spiro atoms. The molecule has 0 atom stereocenters. The van der Waals surface area contributed by atoms with Gasteiger partial charge in [-0.25, -0.2) is 0 Å². The van der Waals surface area contributed by atoms with Crippen molar-refractivity contribution >= 4 is 11.9 Å². The monoisotopic (exact) mass is 399 g/mol. The molecule has 1 aromatic rings. The minimum absolute atomic E-state index is 0.0820. The Morgan fingerprint density at radius 2 is 1.76 bits per heavy atom. The van der Waals surface area contributed by atoms with E-state index in [0.29, 0.717) is 12.8 Å². The molecule has 0 amide bonds. The zero-order chi connectivity index (χ0) is 22.7. The summed E-state index contributed by atoms with van der Waals surface area (Å²) >= 11 is 0. The first-order valence-corrected chi connectivity index (χ1v) is 9.08. The largest absolute Gasteiger partial charge is 0.511 e. The predicted octanol–water partition coefficient (Wildman–Crippen LogP) is 5.39. The van der Waals surface area contributed by atoms with Crippen LogP contribution in [0, 0.1) is 12.8 Å². The van der Waals surface area contributed by atoms with Gasteiger partial charge in [-0.2, -0.15) is 0 Å². The number of nitrogens with zero attached hydrogens (tertiary/aromatic N) is 1. The molecule has 0 unspecified atom stereocenters. The number of hydrogen-bond donors (Lipinski definition) is 2. The highest BCUT2D eigenvalue weighted by molar-refractivity contribution is 5.69. The number of carbonyl (C=O) groups excluding carboxylic acids is 1. The van der Waals surface area contributed by atoms with Crippen LogP contribution in [0.4, 0.5) is 0 Å². The van der Waals surface area contributed by atoms with Crippen LogP contribution in [0.5, 0.6) is 0 Å². The Morgan fingerprint density at radius 3 is 2.24 bits per heavy atom. The predicted molar refractivity (Wildman–Crippen MR) is 121 cm³/mol. The summed E-state index contributed by atoms with van der Waals surface area (Å²) in [5.41, 5.74) is 3.18. The third-order valence-electron chi connectivity index (χ3n) is 3.39. The lowest BCUT2D eigenvalue weighted by Gasteiger charge is -2.18. The van der Waals surface area contributed by atoms with Crippen LogP contribution >= 0.6 is 0 Å². The zero-order valence-electron chi connectivity index (χ0n) is 18.0. The summed E-state index contributed by atoms with van der Waals surface area (Å²) in [6.07, 6.45) is 17.1. The Labute approximate surface area is 175 Å². The number of carbonyl (C=O) groups is 1. The second-order valence-corrected chi connectivity index (χ2v) is 5.72. The van der Waals surface area contributed by atoms with Crippen molar-refractivity contribution < 1.29 is 19.7 Å². The van der Waals surface area contributed by atoms with Crippen molar-refractivity contribution in [3.8, 4) is 12.8 Å². The van der Waals surface area contributed by atoms with Gasteiger partial charge in [-0.1, -0.05) is 42.5 Å². The maximum Gasteiger partial charge on any atom is 0.185 e. The molecule has 1 aromatic carbocycles. The lowest BCUT2D eigenvalue weighted by molar-refractivity contribution is -0.107. The van der Waals surface area contributed by atoms with Gasteiger partial charge in [0.15, 0.2) is 12.0 Å². The number of benzene rings is 1. The Balaban J connectivity index is 0. The molecule has 0 aliphatic heterocycles. The van der Waals surface area contributed by atoms with Gasteiger partial charge in [-0.3, -0.25) is 4.79 Å². The van der Waals surface area contributed by atoms with Crippen molar-refractivity contribution in [3.63, 3.8) is 0 Å². The smallest absolute Gasteiger partial charge is 0.185 e. The summed E-state index contributed by atoms with van der Waals surface area (Å²) in [7, 11) is 1.68. The fourth-order valence-corrected chi connectivity index (χ4v) is 2.14. The second-order valence-electron chi connectivity index (χ2n) is 5.72. The summed E-state index contributed by atoms with van der Waals surface area (Å²) in [6, 6.07) is 7.88. The summed E-state index contributed by atoms with van der Waals surface area (Å²) in [5.74, 6) is -0.320. The molecule has 0 fully saturated rings. The third kappa shape index (κ3) is 13.6. The Bertz CT molecular complexity index is 721. The minimum Gasteiger partial charge on any atom is -0.511 e. The van der Waals surface area contributed by atoms with Gasteiger partial charge in [-0.15, -0.1) is 12.8 Å². The number of ether oxygens (including phenoxy) is 1. The van der Waals surface area contributed by atoms with E-state index < -0.39 is 5.76 Å². The number of aldehydes is 1. The molecule has 29 heavy (non-hydrogen) atoms. The topological polar surface area (TPSA) is 70.0 Å². The van der Waals surface area contributed by atoms with Crippen molar-refractivity contribution in [2.24, 2.45) is 0 Å². The van der Waals surface area contributed by atoms with Crippen molar-refractivity contribution in [3.05, 3.63) is 77.5 Å². The molecule has 5 nitrogen and oxygen atoms in total. The summed E-state index contributed by atoms with van der Waals surface area (Å²) in [5, 5.41) is 18.9. The number of allylic oxidation sites excluding steroid dienone is 6. The van der Waals surface area contributed by atoms with Crippen molar-refractivity contribution in [2.45, 2.75) is 34.2 Å². The summed E-state index contributed by atoms with van der Waals surface area (Å²) in [4.78, 5) is 12.2. The highest BCUT2D eigenvalue weighted by Gasteiger charge is 2.07. The van der Waals surface area contributed by atoms with E-state index in [2.05, 4.69) is 17.6 Å². The Morgan fingerprint density at radius 1 is 1.17 bits per heavy atom. The van der Waals surface area contributed by atoms with Gasteiger partial charge < -0.3 is 19.8 Å². The molecule has 0 aliphatic carbocycles. The van der Waals surface area contributed by atoms with E-state index in [1.54, 1.807) is 12.0 Å². The van der Waals surface area contributed by atoms with Crippen molar-refractivity contribution in [2.75, 3.05) is 13.7 Å². The van der Waals surface area contributed by atoms with Gasteiger partial charge in [0.05, 0.1) is 0 Å². The van der Waals surface area contributed by atoms with Crippen LogP contribution in [-0.2, 0) is 16.1 Å². The number of terminal acetylenes is 1. The number of methoxy groups -OCH3 is 1. The van der Waals surface area contributed by atoms with Gasteiger partial charge in [0.2, 0.25) is 0 Å². The highest BCUT2D eigenvalue weighted by atomic mass is 16.5. The van der Waals surface area contributed by atoms with Gasteiger partial charge in [-0.05, 0) is 44.4 Å². The molecule has 0 aliphatic rings. The van der Waals surface area contributed by atoms with E-state index in [4.69, 9.17) is 0 Å². The number of aliphatic hydroxyl groups excluding tert-OH is 2. The summed E-state index contributed by atoms with van der Waals surface area (Å²) in [6.45, 7) is 8.70. The molecule has 0 heterocycles. The molecule has 0 radical (unpaired) electrons. The van der Waals surface area contributed by atoms with E-state index in [1.165, 1.54) is 19.3 Å². The van der Waals surface area contributed by atoms with Crippen LogP contribution in [-0.4, -0.2) is 35.1 Å². The minimum atomic E-state index is -0.402. The highest BCUT2D eigenvalue weighted by Crippen LogP contribution is 2.21. The first-order valence-electron chi connectivity index (χ1n) is 9.08. The van der Waals surface area contributed by atoms with E-state index in [-0.39, 0.29) is 5.76 Å². The van der Waals surface area contributed by atoms with Crippen LogP contribution in [0.15, 0.2) is 66.4 Å². The Hall–Kier alpha value is -3.23. The van der Waals surface area contributed by atoms with Crippen LogP contribution in [0.1, 0.15) is 38.8 Å². The van der Waals surface area contributed by atoms with E-state index >= 15 is 0 Å². The van der Waals surface area contributed by atoms with Crippen LogP contribution in [0.25, 0.3) is 5.57 Å².